The summed E-state index contributed by atoms with van der Waals surface area (Å²) in [5.74, 6) is 1.85. The molecule has 0 unspecified atom stereocenters. The van der Waals surface area contributed by atoms with Crippen molar-refractivity contribution in [3.05, 3.63) is 149 Å². The molecule has 0 N–H and O–H groups in total. The standard InChI is InChI=1S/C24H21FN2O4.C15H20N2O3S/c1-16-22(17(2)31-26-16)14-27(19-6-4-3-5-7-19)24(28)23-13-12-21(30-23)15-29-20-10-8-18(25)9-11-20;1-4-17(13-8-6-5-7-9-13)12-14-10-11-15(20-14)21(18,19)16(2)3/h3-13H,14-15H2,1-2H3;5-11H,4,12H2,1-3H3. The number of sulfonamides is 1. The maximum absolute atomic E-state index is 13.3. The number of benzene rings is 3. The van der Waals surface area contributed by atoms with Crippen LogP contribution in [0.25, 0.3) is 0 Å². The number of anilines is 2. The molecule has 0 fully saturated rings. The van der Waals surface area contributed by atoms with E-state index in [0.717, 1.165) is 33.5 Å². The zero-order valence-corrected chi connectivity index (χ0v) is 30.5. The third kappa shape index (κ3) is 9.36. The molecule has 1 amide bonds. The molecule has 0 spiro atoms. The minimum absolute atomic E-state index is 0.0217. The second kappa shape index (κ2) is 17.0. The van der Waals surface area contributed by atoms with Crippen molar-refractivity contribution < 1.29 is 35.7 Å². The number of aromatic nitrogens is 1. The fraction of sp³-hybridized carbons (Fsp3) is 0.231. The molecule has 6 rings (SSSR count). The summed E-state index contributed by atoms with van der Waals surface area (Å²) in [4.78, 5) is 17.1. The zero-order valence-electron chi connectivity index (χ0n) is 29.7. The number of halogens is 1. The molecule has 13 heteroatoms. The SMILES string of the molecule is CCN(Cc1ccc(S(=O)(=O)N(C)C)o1)c1ccccc1.Cc1noc(C)c1CN(C(=O)c1ccc(COc2ccc(F)cc2)o1)c1ccccc1. The molecule has 3 aromatic carbocycles. The molecular formula is C39H41FN4O7S. The van der Waals surface area contributed by atoms with Crippen molar-refractivity contribution in [3.63, 3.8) is 0 Å². The Balaban J connectivity index is 0.000000217. The lowest BCUT2D eigenvalue weighted by molar-refractivity contribution is 0.0954. The van der Waals surface area contributed by atoms with Crippen LogP contribution in [0.1, 0.15) is 46.0 Å². The van der Waals surface area contributed by atoms with E-state index in [2.05, 4.69) is 10.1 Å². The van der Waals surface area contributed by atoms with Crippen LogP contribution in [-0.2, 0) is 29.7 Å². The normalized spacial score (nSPS) is 11.2. The van der Waals surface area contributed by atoms with Crippen LogP contribution in [0, 0.1) is 19.7 Å². The van der Waals surface area contributed by atoms with Crippen LogP contribution in [0.5, 0.6) is 5.75 Å². The van der Waals surface area contributed by atoms with Crippen molar-refractivity contribution in [2.75, 3.05) is 30.4 Å². The third-order valence-electron chi connectivity index (χ3n) is 8.10. The van der Waals surface area contributed by atoms with Crippen molar-refractivity contribution in [1.29, 1.82) is 0 Å². The van der Waals surface area contributed by atoms with Crippen molar-refractivity contribution in [2.24, 2.45) is 0 Å². The van der Waals surface area contributed by atoms with Gasteiger partial charge in [-0.2, -0.15) is 0 Å². The molecule has 3 aromatic heterocycles. The van der Waals surface area contributed by atoms with Crippen LogP contribution >= 0.6 is 0 Å². The largest absolute Gasteiger partial charge is 0.486 e. The van der Waals surface area contributed by atoms with Crippen LogP contribution < -0.4 is 14.5 Å². The second-order valence-corrected chi connectivity index (χ2v) is 14.0. The Morgan fingerprint density at radius 2 is 1.42 bits per heavy atom. The molecule has 0 atom stereocenters. The van der Waals surface area contributed by atoms with Gasteiger partial charge in [-0.15, -0.1) is 0 Å². The highest BCUT2D eigenvalue weighted by atomic mass is 32.2. The zero-order chi connectivity index (χ0) is 37.3. The highest BCUT2D eigenvalue weighted by Gasteiger charge is 2.25. The monoisotopic (exact) mass is 728 g/mol. The van der Waals surface area contributed by atoms with Crippen molar-refractivity contribution >= 4 is 27.3 Å². The van der Waals surface area contributed by atoms with E-state index in [-0.39, 0.29) is 29.2 Å². The minimum Gasteiger partial charge on any atom is -0.486 e. The van der Waals surface area contributed by atoms with Gasteiger partial charge in [-0.25, -0.2) is 17.1 Å². The van der Waals surface area contributed by atoms with E-state index in [4.69, 9.17) is 18.1 Å². The molecule has 0 aliphatic carbocycles. The van der Waals surface area contributed by atoms with Crippen LogP contribution in [0.2, 0.25) is 0 Å². The first-order valence-corrected chi connectivity index (χ1v) is 18.0. The van der Waals surface area contributed by atoms with E-state index < -0.39 is 10.0 Å². The number of furan rings is 2. The summed E-state index contributed by atoms with van der Waals surface area (Å²) >= 11 is 0. The van der Waals surface area contributed by atoms with Crippen LogP contribution in [0.3, 0.4) is 0 Å². The van der Waals surface area contributed by atoms with Crippen molar-refractivity contribution in [1.82, 2.24) is 9.46 Å². The smallest absolute Gasteiger partial charge is 0.294 e. The summed E-state index contributed by atoms with van der Waals surface area (Å²) in [7, 11) is -0.543. The molecule has 0 bridgehead atoms. The Morgan fingerprint density at radius 1 is 0.788 bits per heavy atom. The molecule has 0 saturated heterocycles. The van der Waals surface area contributed by atoms with Gasteiger partial charge in [0, 0.05) is 37.6 Å². The predicted molar refractivity (Wildman–Crippen MR) is 195 cm³/mol. The number of rotatable bonds is 13. The number of hydrogen-bond acceptors (Lipinski definition) is 9. The van der Waals surface area contributed by atoms with E-state index in [9.17, 15) is 17.6 Å². The van der Waals surface area contributed by atoms with Crippen LogP contribution in [-0.4, -0.2) is 44.4 Å². The van der Waals surface area contributed by atoms with Gasteiger partial charge in [0.15, 0.2) is 5.76 Å². The fourth-order valence-electron chi connectivity index (χ4n) is 5.14. The predicted octanol–water partition coefficient (Wildman–Crippen LogP) is 8.01. The molecule has 6 aromatic rings. The molecule has 0 aliphatic heterocycles. The number of carbonyl (C=O) groups excluding carboxylic acids is 1. The number of carbonyl (C=O) groups is 1. The number of para-hydroxylation sites is 2. The lowest BCUT2D eigenvalue weighted by Gasteiger charge is -2.21. The topological polar surface area (TPSA) is 122 Å². The molecule has 52 heavy (non-hydrogen) atoms. The molecule has 11 nitrogen and oxygen atoms in total. The lowest BCUT2D eigenvalue weighted by Crippen LogP contribution is -2.30. The Hall–Kier alpha value is -5.66. The van der Waals surface area contributed by atoms with E-state index >= 15 is 0 Å². The first kappa shape index (κ1) is 37.6. The summed E-state index contributed by atoms with van der Waals surface area (Å²) in [6, 6.07) is 31.5. The second-order valence-electron chi connectivity index (χ2n) is 11.9. The molecule has 272 valence electrons. The van der Waals surface area contributed by atoms with Gasteiger partial charge in [0.25, 0.3) is 15.9 Å². The summed E-state index contributed by atoms with van der Waals surface area (Å²) in [6.07, 6.45) is 0. The number of ether oxygens (including phenoxy) is 1. The summed E-state index contributed by atoms with van der Waals surface area (Å²) in [6.45, 7) is 7.47. The lowest BCUT2D eigenvalue weighted by atomic mass is 10.1. The average molecular weight is 729 g/mol. The first-order chi connectivity index (χ1) is 25.0. The molecular weight excluding hydrogens is 688 g/mol. The van der Waals surface area contributed by atoms with Gasteiger partial charge < -0.3 is 27.9 Å². The van der Waals surface area contributed by atoms with E-state index in [1.165, 1.54) is 44.4 Å². The van der Waals surface area contributed by atoms with Crippen molar-refractivity contribution in [3.8, 4) is 5.75 Å². The van der Waals surface area contributed by atoms with E-state index in [1.54, 1.807) is 23.1 Å². The van der Waals surface area contributed by atoms with Gasteiger partial charge >= 0.3 is 0 Å². The van der Waals surface area contributed by atoms with E-state index in [0.29, 0.717) is 36.1 Å². The fourth-order valence-corrected chi connectivity index (χ4v) is 5.95. The maximum Gasteiger partial charge on any atom is 0.294 e. The third-order valence-corrected chi connectivity index (χ3v) is 9.79. The minimum atomic E-state index is -3.52. The van der Waals surface area contributed by atoms with Gasteiger partial charge in [0.2, 0.25) is 5.09 Å². The van der Waals surface area contributed by atoms with Crippen LogP contribution in [0.15, 0.2) is 128 Å². The molecule has 0 aliphatic rings. The summed E-state index contributed by atoms with van der Waals surface area (Å²) in [5.41, 5.74) is 3.39. The summed E-state index contributed by atoms with van der Waals surface area (Å²) in [5, 5.41) is 3.96. The number of aryl methyl sites for hydroxylation is 2. The highest BCUT2D eigenvalue weighted by Crippen LogP contribution is 2.25. The molecule has 3 heterocycles. The first-order valence-electron chi connectivity index (χ1n) is 16.5. The quantitative estimate of drug-likeness (QED) is 0.116. The number of nitrogens with zero attached hydrogens (tertiary/aromatic N) is 4. The summed E-state index contributed by atoms with van der Waals surface area (Å²) < 4.78 is 60.2. The Morgan fingerprint density at radius 3 is 2.02 bits per heavy atom. The highest BCUT2D eigenvalue weighted by molar-refractivity contribution is 7.88. The van der Waals surface area contributed by atoms with Gasteiger partial charge in [-0.3, -0.25) is 4.79 Å². The Labute approximate surface area is 302 Å². The van der Waals surface area contributed by atoms with Gasteiger partial charge in [0.1, 0.15) is 35.5 Å². The van der Waals surface area contributed by atoms with Gasteiger partial charge in [-0.1, -0.05) is 41.6 Å². The van der Waals surface area contributed by atoms with E-state index in [1.807, 2.05) is 81.4 Å². The van der Waals surface area contributed by atoms with Crippen molar-refractivity contribution in [2.45, 2.75) is 45.6 Å². The molecule has 0 saturated carbocycles. The number of amides is 1. The average Bonchev–Trinajstić information content (AvgIpc) is 3.91. The maximum atomic E-state index is 13.3. The Kier molecular flexibility index (Phi) is 12.3. The van der Waals surface area contributed by atoms with Gasteiger partial charge in [-0.05, 0) is 93.6 Å². The molecule has 0 radical (unpaired) electrons. The van der Waals surface area contributed by atoms with Gasteiger partial charge in [0.05, 0.1) is 18.8 Å². The number of hydrogen-bond donors (Lipinski definition) is 0. The Bertz CT molecular complexity index is 2130. The van der Waals surface area contributed by atoms with Crippen LogP contribution in [0.4, 0.5) is 15.8 Å².